The first-order valence-corrected chi connectivity index (χ1v) is 10.2. The Hall–Kier alpha value is -3.68. The lowest BCUT2D eigenvalue weighted by molar-refractivity contribution is -0.128. The molecule has 1 fully saturated rings. The zero-order valence-corrected chi connectivity index (χ0v) is 17.4. The second-order valence-corrected chi connectivity index (χ2v) is 7.59. The van der Waals surface area contributed by atoms with Gasteiger partial charge in [0.25, 0.3) is 11.8 Å². The molecule has 0 saturated carbocycles. The van der Waals surface area contributed by atoms with Gasteiger partial charge in [-0.25, -0.2) is 4.79 Å². The van der Waals surface area contributed by atoms with Crippen LogP contribution in [0, 0.1) is 0 Å². The van der Waals surface area contributed by atoms with Gasteiger partial charge in [-0.15, -0.1) is 0 Å². The van der Waals surface area contributed by atoms with Gasteiger partial charge in [0, 0.05) is 25.6 Å². The van der Waals surface area contributed by atoms with Gasteiger partial charge in [-0.3, -0.25) is 19.3 Å². The number of rotatable bonds is 5. The molecular weight excluding hydrogens is 398 g/mol. The van der Waals surface area contributed by atoms with Crippen LogP contribution in [0.2, 0.25) is 0 Å². The van der Waals surface area contributed by atoms with Crippen molar-refractivity contribution in [1.29, 1.82) is 0 Å². The molecule has 31 heavy (non-hydrogen) atoms. The zero-order chi connectivity index (χ0) is 22.2. The Morgan fingerprint density at radius 3 is 2.52 bits per heavy atom. The lowest BCUT2D eigenvalue weighted by Crippen LogP contribution is -2.68. The van der Waals surface area contributed by atoms with E-state index in [0.717, 1.165) is 6.42 Å². The minimum Gasteiger partial charge on any atom is -0.462 e. The van der Waals surface area contributed by atoms with Gasteiger partial charge < -0.3 is 15.0 Å². The number of fused-ring (bicyclic) bond motifs is 3. The molecule has 8 nitrogen and oxygen atoms in total. The lowest BCUT2D eigenvalue weighted by atomic mass is 9.96. The van der Waals surface area contributed by atoms with Crippen molar-refractivity contribution >= 4 is 35.1 Å². The van der Waals surface area contributed by atoms with E-state index in [2.05, 4.69) is 5.32 Å². The van der Waals surface area contributed by atoms with Crippen LogP contribution in [0.15, 0.2) is 48.5 Å². The van der Waals surface area contributed by atoms with E-state index >= 15 is 0 Å². The number of carbonyl (C=O) groups is 4. The fourth-order valence-electron chi connectivity index (χ4n) is 4.13. The van der Waals surface area contributed by atoms with Crippen molar-refractivity contribution in [3.8, 4) is 0 Å². The summed E-state index contributed by atoms with van der Waals surface area (Å²) in [5.74, 6) is -1.44. The van der Waals surface area contributed by atoms with E-state index in [9.17, 15) is 19.2 Å². The van der Waals surface area contributed by atoms with E-state index in [1.54, 1.807) is 48.5 Å². The number of hydrogen-bond donors (Lipinski definition) is 1. The molecule has 2 aromatic rings. The molecule has 1 saturated heterocycles. The predicted molar refractivity (Wildman–Crippen MR) is 114 cm³/mol. The van der Waals surface area contributed by atoms with Crippen LogP contribution in [0.1, 0.15) is 46.9 Å². The van der Waals surface area contributed by atoms with Crippen molar-refractivity contribution in [3.63, 3.8) is 0 Å². The largest absolute Gasteiger partial charge is 0.462 e. The van der Waals surface area contributed by atoms with Gasteiger partial charge in [-0.1, -0.05) is 19.1 Å². The molecule has 3 amide bonds. The molecule has 2 heterocycles. The van der Waals surface area contributed by atoms with Crippen LogP contribution in [0.25, 0.3) is 0 Å². The molecule has 0 aromatic heterocycles. The molecule has 1 N–H and O–H groups in total. The Labute approximate surface area is 179 Å². The molecule has 0 radical (unpaired) electrons. The van der Waals surface area contributed by atoms with Crippen LogP contribution < -0.4 is 10.2 Å². The molecular formula is C23H23N3O5. The van der Waals surface area contributed by atoms with Crippen molar-refractivity contribution in [2.75, 3.05) is 23.9 Å². The number of anilines is 2. The third kappa shape index (κ3) is 3.24. The highest BCUT2D eigenvalue weighted by atomic mass is 16.5. The highest BCUT2D eigenvalue weighted by molar-refractivity contribution is 6.18. The van der Waals surface area contributed by atoms with E-state index in [0.29, 0.717) is 29.1 Å². The number of para-hydroxylation sites is 1. The average molecular weight is 421 g/mol. The highest BCUT2D eigenvalue weighted by Gasteiger charge is 2.59. The Bertz CT molecular complexity index is 1070. The first-order valence-electron chi connectivity index (χ1n) is 10.2. The summed E-state index contributed by atoms with van der Waals surface area (Å²) in [6.07, 6.45) is 1.07. The minimum absolute atomic E-state index is 0.154. The molecule has 0 bridgehead atoms. The fourth-order valence-corrected chi connectivity index (χ4v) is 4.13. The van der Waals surface area contributed by atoms with Gasteiger partial charge in [0.1, 0.15) is 0 Å². The van der Waals surface area contributed by atoms with Gasteiger partial charge in [0.2, 0.25) is 11.6 Å². The van der Waals surface area contributed by atoms with Crippen molar-refractivity contribution < 1.29 is 23.9 Å². The summed E-state index contributed by atoms with van der Waals surface area (Å²) in [5.41, 5.74) is 0.212. The van der Waals surface area contributed by atoms with Crippen molar-refractivity contribution in [1.82, 2.24) is 4.90 Å². The summed E-state index contributed by atoms with van der Waals surface area (Å²) in [7, 11) is 1.54. The van der Waals surface area contributed by atoms with E-state index in [1.807, 2.05) is 6.92 Å². The summed E-state index contributed by atoms with van der Waals surface area (Å²) in [6.45, 7) is 2.25. The van der Waals surface area contributed by atoms with Gasteiger partial charge in [-0.2, -0.15) is 0 Å². The number of likely N-dealkylation sites (N-methyl/N-ethyl adjacent to an activating group) is 1. The molecule has 1 atom stereocenters. The molecule has 2 aliphatic heterocycles. The first-order chi connectivity index (χ1) is 14.9. The summed E-state index contributed by atoms with van der Waals surface area (Å²) in [5, 5.41) is 2.81. The maximum absolute atomic E-state index is 13.5. The molecule has 0 spiro atoms. The minimum atomic E-state index is -1.44. The van der Waals surface area contributed by atoms with Gasteiger partial charge in [0.05, 0.1) is 23.4 Å². The summed E-state index contributed by atoms with van der Waals surface area (Å²) < 4.78 is 5.11. The van der Waals surface area contributed by atoms with Crippen LogP contribution in [0.5, 0.6) is 0 Å². The van der Waals surface area contributed by atoms with Gasteiger partial charge >= 0.3 is 5.97 Å². The Balaban J connectivity index is 1.62. The summed E-state index contributed by atoms with van der Waals surface area (Å²) in [4.78, 5) is 53.9. The van der Waals surface area contributed by atoms with Crippen LogP contribution in [0.3, 0.4) is 0 Å². The standard InChI is InChI=1S/C23H23N3O5/c1-3-14-31-21(29)15-8-10-16(11-9-15)24-22(30)23-13-12-19(27)26(23)18-7-5-4-6-17(18)20(28)25(23)2/h4-11H,3,12-14H2,1-2H3,(H,24,30)/t23-/m0/s1. The maximum Gasteiger partial charge on any atom is 0.338 e. The van der Waals surface area contributed by atoms with E-state index in [-0.39, 0.29) is 24.7 Å². The number of carbonyl (C=O) groups excluding carboxylic acids is 4. The van der Waals surface area contributed by atoms with E-state index in [1.165, 1.54) is 16.8 Å². The highest BCUT2D eigenvalue weighted by Crippen LogP contribution is 2.44. The third-order valence-corrected chi connectivity index (χ3v) is 5.72. The smallest absolute Gasteiger partial charge is 0.338 e. The number of amides is 3. The first kappa shape index (κ1) is 20.6. The number of nitrogens with one attached hydrogen (secondary N) is 1. The molecule has 0 aliphatic carbocycles. The quantitative estimate of drug-likeness (QED) is 0.749. The van der Waals surface area contributed by atoms with Gasteiger partial charge in [-0.05, 0) is 42.8 Å². The molecule has 2 aliphatic rings. The molecule has 2 aromatic carbocycles. The van der Waals surface area contributed by atoms with Crippen molar-refractivity contribution in [2.24, 2.45) is 0 Å². The monoisotopic (exact) mass is 421 g/mol. The zero-order valence-electron chi connectivity index (χ0n) is 17.4. The van der Waals surface area contributed by atoms with Crippen LogP contribution >= 0.6 is 0 Å². The number of esters is 1. The molecule has 160 valence electrons. The number of nitrogens with zero attached hydrogens (tertiary/aromatic N) is 2. The number of ether oxygens (including phenoxy) is 1. The third-order valence-electron chi connectivity index (χ3n) is 5.72. The van der Waals surface area contributed by atoms with Crippen molar-refractivity contribution in [2.45, 2.75) is 31.8 Å². The van der Waals surface area contributed by atoms with E-state index in [4.69, 9.17) is 4.74 Å². The molecule has 4 rings (SSSR count). The SMILES string of the molecule is CCCOC(=O)c1ccc(NC(=O)[C@]23CCC(=O)N2c2ccccc2C(=O)N3C)cc1. The summed E-state index contributed by atoms with van der Waals surface area (Å²) in [6, 6.07) is 13.1. The van der Waals surface area contributed by atoms with Crippen LogP contribution in [0.4, 0.5) is 11.4 Å². The second kappa shape index (κ2) is 7.86. The number of hydrogen-bond acceptors (Lipinski definition) is 5. The van der Waals surface area contributed by atoms with Crippen LogP contribution in [-0.2, 0) is 14.3 Å². The molecule has 8 heteroatoms. The molecule has 0 unspecified atom stereocenters. The Morgan fingerprint density at radius 2 is 1.81 bits per heavy atom. The van der Waals surface area contributed by atoms with Crippen molar-refractivity contribution in [3.05, 3.63) is 59.7 Å². The topological polar surface area (TPSA) is 96.0 Å². The Kier molecular flexibility index (Phi) is 5.22. The lowest BCUT2D eigenvalue weighted by Gasteiger charge is -2.47. The van der Waals surface area contributed by atoms with Gasteiger partial charge in [0.15, 0.2) is 0 Å². The normalized spacial score (nSPS) is 19.7. The van der Waals surface area contributed by atoms with E-state index < -0.39 is 17.5 Å². The average Bonchev–Trinajstić information content (AvgIpc) is 3.15. The second-order valence-electron chi connectivity index (χ2n) is 7.59. The fraction of sp³-hybridized carbons (Fsp3) is 0.304. The van der Waals surface area contributed by atoms with Crippen LogP contribution in [-0.4, -0.2) is 47.9 Å². The summed E-state index contributed by atoms with van der Waals surface area (Å²) >= 11 is 0. The Morgan fingerprint density at radius 1 is 1.10 bits per heavy atom. The number of benzene rings is 2. The maximum atomic E-state index is 13.5. The predicted octanol–water partition coefficient (Wildman–Crippen LogP) is 2.80.